The minimum atomic E-state index is 0.216. The van der Waals surface area contributed by atoms with Crippen molar-refractivity contribution in [3.63, 3.8) is 0 Å². The molecule has 0 aromatic heterocycles. The van der Waals surface area contributed by atoms with Crippen molar-refractivity contribution in [1.82, 2.24) is 0 Å². The van der Waals surface area contributed by atoms with Gasteiger partial charge in [0.05, 0.1) is 11.4 Å². The maximum Gasteiger partial charge on any atom is 0.115 e. The molecule has 0 unspecified atom stereocenters. The largest absolute Gasteiger partial charge is 0.508 e. The van der Waals surface area contributed by atoms with E-state index in [1.54, 1.807) is 24.3 Å². The van der Waals surface area contributed by atoms with Gasteiger partial charge in [-0.2, -0.15) is 10.2 Å². The lowest BCUT2D eigenvalue weighted by atomic mass is 10.1. The van der Waals surface area contributed by atoms with Gasteiger partial charge in [-0.15, -0.1) is 0 Å². The van der Waals surface area contributed by atoms with Gasteiger partial charge in [0.1, 0.15) is 5.75 Å². The van der Waals surface area contributed by atoms with Crippen LogP contribution < -0.4 is 5.73 Å². The molecular formula is C14H15N3O. The molecule has 0 aliphatic heterocycles. The van der Waals surface area contributed by atoms with Gasteiger partial charge >= 0.3 is 0 Å². The van der Waals surface area contributed by atoms with Crippen LogP contribution in [0.25, 0.3) is 0 Å². The van der Waals surface area contributed by atoms with Crippen LogP contribution in [0.5, 0.6) is 5.75 Å². The average molecular weight is 241 g/mol. The lowest BCUT2D eigenvalue weighted by molar-refractivity contribution is 0.475. The molecule has 2 rings (SSSR count). The van der Waals surface area contributed by atoms with E-state index in [4.69, 9.17) is 10.8 Å². The first kappa shape index (κ1) is 12.1. The molecule has 0 aliphatic rings. The molecule has 0 radical (unpaired) electrons. The number of anilines is 1. The van der Waals surface area contributed by atoms with E-state index >= 15 is 0 Å². The summed E-state index contributed by atoms with van der Waals surface area (Å²) in [6.07, 6.45) is 0. The molecule has 3 N–H and O–H groups in total. The maximum absolute atomic E-state index is 9.17. The van der Waals surface area contributed by atoms with Crippen LogP contribution in [0.1, 0.15) is 11.1 Å². The fourth-order valence-corrected chi connectivity index (χ4v) is 1.57. The highest BCUT2D eigenvalue weighted by Gasteiger charge is 2.03. The minimum absolute atomic E-state index is 0.216. The maximum atomic E-state index is 9.17. The topological polar surface area (TPSA) is 71.0 Å². The van der Waals surface area contributed by atoms with Gasteiger partial charge in [0.25, 0.3) is 0 Å². The Hall–Kier alpha value is -2.36. The molecule has 4 nitrogen and oxygen atoms in total. The summed E-state index contributed by atoms with van der Waals surface area (Å²) in [5.41, 5.74) is 10.1. The molecule has 2 aromatic rings. The predicted octanol–water partition coefficient (Wildman–Crippen LogP) is 4.01. The zero-order valence-electron chi connectivity index (χ0n) is 10.4. The van der Waals surface area contributed by atoms with Gasteiger partial charge in [0, 0.05) is 5.69 Å². The van der Waals surface area contributed by atoms with Crippen LogP contribution in [-0.4, -0.2) is 5.11 Å². The van der Waals surface area contributed by atoms with E-state index < -0.39 is 0 Å². The number of rotatable bonds is 2. The summed E-state index contributed by atoms with van der Waals surface area (Å²) in [6, 6.07) is 10.2. The molecule has 92 valence electrons. The van der Waals surface area contributed by atoms with Gasteiger partial charge in [0.2, 0.25) is 0 Å². The van der Waals surface area contributed by atoms with E-state index in [0.29, 0.717) is 5.69 Å². The van der Waals surface area contributed by atoms with Crippen LogP contribution in [0.3, 0.4) is 0 Å². The normalized spacial score (nSPS) is 11.0. The van der Waals surface area contributed by atoms with Crippen LogP contribution in [0, 0.1) is 13.8 Å². The number of azo groups is 1. The molecule has 0 amide bonds. The Labute approximate surface area is 106 Å². The van der Waals surface area contributed by atoms with E-state index in [-0.39, 0.29) is 5.75 Å². The predicted molar refractivity (Wildman–Crippen MR) is 72.6 cm³/mol. The lowest BCUT2D eigenvalue weighted by Crippen LogP contribution is -1.91. The number of nitrogen functional groups attached to an aromatic ring is 1. The van der Waals surface area contributed by atoms with Crippen LogP contribution in [0.15, 0.2) is 46.6 Å². The number of phenolic OH excluding ortho intramolecular Hbond substituents is 1. The molecule has 0 heterocycles. The molecule has 0 bridgehead atoms. The van der Waals surface area contributed by atoms with Crippen LogP contribution >= 0.6 is 0 Å². The number of nitrogens with two attached hydrogens (primary N) is 1. The standard InChI is InChI=1S/C14H15N3O/c1-9-10(2)14(8-7-13(9)15)17-16-11-3-5-12(18)6-4-11/h3-8,18H,15H2,1-2H3. The van der Waals surface area contributed by atoms with Crippen LogP contribution in [0.2, 0.25) is 0 Å². The van der Waals surface area contributed by atoms with Crippen molar-refractivity contribution in [2.24, 2.45) is 10.2 Å². The molecule has 0 atom stereocenters. The van der Waals surface area contributed by atoms with E-state index in [9.17, 15) is 0 Å². The first-order valence-corrected chi connectivity index (χ1v) is 5.64. The molecule has 0 saturated heterocycles. The van der Waals surface area contributed by atoms with Crippen molar-refractivity contribution in [3.05, 3.63) is 47.5 Å². The Morgan fingerprint density at radius 1 is 0.889 bits per heavy atom. The van der Waals surface area contributed by atoms with Gasteiger partial charge in [-0.25, -0.2) is 0 Å². The average Bonchev–Trinajstić information content (AvgIpc) is 2.37. The first-order chi connectivity index (χ1) is 8.58. The van der Waals surface area contributed by atoms with Crippen molar-refractivity contribution in [2.45, 2.75) is 13.8 Å². The highest BCUT2D eigenvalue weighted by molar-refractivity contribution is 5.60. The Bertz CT molecular complexity index is 589. The molecule has 0 saturated carbocycles. The zero-order valence-corrected chi connectivity index (χ0v) is 10.4. The van der Waals surface area contributed by atoms with Crippen molar-refractivity contribution in [1.29, 1.82) is 0 Å². The number of hydrogen-bond donors (Lipinski definition) is 2. The first-order valence-electron chi connectivity index (χ1n) is 5.64. The van der Waals surface area contributed by atoms with Crippen molar-refractivity contribution in [3.8, 4) is 5.75 Å². The third kappa shape index (κ3) is 2.48. The van der Waals surface area contributed by atoms with Crippen LogP contribution in [-0.2, 0) is 0 Å². The number of benzene rings is 2. The lowest BCUT2D eigenvalue weighted by Gasteiger charge is -2.06. The summed E-state index contributed by atoms with van der Waals surface area (Å²) in [7, 11) is 0. The van der Waals surface area contributed by atoms with Gasteiger partial charge in [0.15, 0.2) is 0 Å². The molecule has 0 spiro atoms. The summed E-state index contributed by atoms with van der Waals surface area (Å²) >= 11 is 0. The highest BCUT2D eigenvalue weighted by Crippen LogP contribution is 2.27. The van der Waals surface area contributed by atoms with Gasteiger partial charge in [-0.3, -0.25) is 0 Å². The Morgan fingerprint density at radius 2 is 1.56 bits per heavy atom. The summed E-state index contributed by atoms with van der Waals surface area (Å²) in [4.78, 5) is 0. The second-order valence-corrected chi connectivity index (χ2v) is 4.14. The van der Waals surface area contributed by atoms with E-state index in [2.05, 4.69) is 10.2 Å². The summed E-state index contributed by atoms with van der Waals surface area (Å²) in [5, 5.41) is 17.5. The molecule has 4 heteroatoms. The fourth-order valence-electron chi connectivity index (χ4n) is 1.57. The third-order valence-corrected chi connectivity index (χ3v) is 2.92. The molecular weight excluding hydrogens is 226 g/mol. The number of phenols is 1. The second-order valence-electron chi connectivity index (χ2n) is 4.14. The number of hydrogen-bond acceptors (Lipinski definition) is 4. The second kappa shape index (κ2) is 4.87. The number of aromatic hydroxyl groups is 1. The summed E-state index contributed by atoms with van der Waals surface area (Å²) < 4.78 is 0. The Balaban J connectivity index is 2.29. The monoisotopic (exact) mass is 241 g/mol. The Kier molecular flexibility index (Phi) is 3.28. The van der Waals surface area contributed by atoms with E-state index in [0.717, 1.165) is 22.5 Å². The summed E-state index contributed by atoms with van der Waals surface area (Å²) in [5.74, 6) is 0.216. The zero-order chi connectivity index (χ0) is 13.1. The fraction of sp³-hybridized carbons (Fsp3) is 0.143. The van der Waals surface area contributed by atoms with Crippen molar-refractivity contribution in [2.75, 3.05) is 5.73 Å². The molecule has 2 aromatic carbocycles. The Morgan fingerprint density at radius 3 is 2.22 bits per heavy atom. The highest BCUT2D eigenvalue weighted by atomic mass is 16.3. The molecule has 0 fully saturated rings. The summed E-state index contributed by atoms with van der Waals surface area (Å²) in [6.45, 7) is 3.93. The van der Waals surface area contributed by atoms with Gasteiger partial charge < -0.3 is 10.8 Å². The molecule has 0 aliphatic carbocycles. The van der Waals surface area contributed by atoms with Gasteiger partial charge in [-0.1, -0.05) is 0 Å². The van der Waals surface area contributed by atoms with E-state index in [1.807, 2.05) is 26.0 Å². The smallest absolute Gasteiger partial charge is 0.115 e. The van der Waals surface area contributed by atoms with Crippen molar-refractivity contribution >= 4 is 17.1 Å². The van der Waals surface area contributed by atoms with Crippen molar-refractivity contribution < 1.29 is 5.11 Å². The van der Waals surface area contributed by atoms with Gasteiger partial charge in [-0.05, 0) is 61.4 Å². The van der Waals surface area contributed by atoms with E-state index in [1.165, 1.54) is 0 Å². The SMILES string of the molecule is Cc1c(N)ccc(N=Nc2ccc(O)cc2)c1C. The quantitative estimate of drug-likeness (QED) is 0.616. The minimum Gasteiger partial charge on any atom is -0.508 e. The molecule has 18 heavy (non-hydrogen) atoms. The third-order valence-electron chi connectivity index (χ3n) is 2.92. The van der Waals surface area contributed by atoms with Crippen LogP contribution in [0.4, 0.5) is 17.1 Å². The number of nitrogens with zero attached hydrogens (tertiary/aromatic N) is 2.